The van der Waals surface area contributed by atoms with Gasteiger partial charge in [-0.1, -0.05) is 48.0 Å². The first-order valence-corrected chi connectivity index (χ1v) is 8.92. The lowest BCUT2D eigenvalue weighted by atomic mass is 10.0. The Bertz CT molecular complexity index is 875. The highest BCUT2D eigenvalue weighted by molar-refractivity contribution is 6.31. The van der Waals surface area contributed by atoms with Crippen LogP contribution in [0.2, 0.25) is 5.02 Å². The number of hydrogen-bond acceptors (Lipinski definition) is 3. The number of hydrogen-bond donors (Lipinski definition) is 3. The van der Waals surface area contributed by atoms with Crippen LogP contribution in [0.1, 0.15) is 18.1 Å². The molecule has 0 radical (unpaired) electrons. The van der Waals surface area contributed by atoms with E-state index in [4.69, 9.17) is 11.6 Å². The molecular formula is C20H20ClFN2O4. The van der Waals surface area contributed by atoms with Gasteiger partial charge in [0.1, 0.15) is 17.9 Å². The van der Waals surface area contributed by atoms with Crippen molar-refractivity contribution in [3.05, 3.63) is 70.5 Å². The van der Waals surface area contributed by atoms with E-state index in [0.717, 1.165) is 0 Å². The predicted molar refractivity (Wildman–Crippen MR) is 102 cm³/mol. The fourth-order valence-corrected chi connectivity index (χ4v) is 2.91. The quantitative estimate of drug-likeness (QED) is 0.627. The number of carbonyl (C=O) groups excluding carboxylic acids is 2. The monoisotopic (exact) mass is 406 g/mol. The lowest BCUT2D eigenvalue weighted by molar-refractivity contribution is -0.142. The van der Waals surface area contributed by atoms with E-state index in [0.29, 0.717) is 10.6 Å². The van der Waals surface area contributed by atoms with Gasteiger partial charge in [-0.3, -0.25) is 9.59 Å². The van der Waals surface area contributed by atoms with Gasteiger partial charge in [-0.2, -0.15) is 0 Å². The van der Waals surface area contributed by atoms with Crippen LogP contribution in [0.5, 0.6) is 0 Å². The number of halogens is 2. The average molecular weight is 407 g/mol. The summed E-state index contributed by atoms with van der Waals surface area (Å²) in [7, 11) is 0. The maximum Gasteiger partial charge on any atom is 0.326 e. The van der Waals surface area contributed by atoms with Crippen molar-refractivity contribution in [1.82, 2.24) is 10.6 Å². The highest BCUT2D eigenvalue weighted by Gasteiger charge is 2.27. The summed E-state index contributed by atoms with van der Waals surface area (Å²) in [6.45, 7) is 1.22. The van der Waals surface area contributed by atoms with Gasteiger partial charge in [-0.25, -0.2) is 9.18 Å². The Morgan fingerprint density at radius 1 is 0.964 bits per heavy atom. The Hall–Kier alpha value is -2.93. The first-order valence-electron chi connectivity index (χ1n) is 8.55. The highest BCUT2D eigenvalue weighted by Crippen LogP contribution is 2.17. The molecule has 2 aromatic rings. The van der Waals surface area contributed by atoms with Gasteiger partial charge < -0.3 is 15.7 Å². The third kappa shape index (κ3) is 6.06. The number of aliphatic carboxylic acids is 1. The van der Waals surface area contributed by atoms with Crippen molar-refractivity contribution >= 4 is 29.4 Å². The summed E-state index contributed by atoms with van der Waals surface area (Å²) >= 11 is 6.06. The molecule has 2 atom stereocenters. The maximum absolute atomic E-state index is 13.9. The van der Waals surface area contributed by atoms with Gasteiger partial charge in [-0.05, 0) is 23.3 Å². The van der Waals surface area contributed by atoms with Gasteiger partial charge in [0.2, 0.25) is 11.8 Å². The summed E-state index contributed by atoms with van der Waals surface area (Å²) in [5, 5.41) is 14.7. The zero-order valence-corrected chi connectivity index (χ0v) is 15.9. The van der Waals surface area contributed by atoms with Crippen LogP contribution < -0.4 is 10.6 Å². The lowest BCUT2D eigenvalue weighted by Crippen LogP contribution is -2.52. The smallest absolute Gasteiger partial charge is 0.326 e. The highest BCUT2D eigenvalue weighted by atomic mass is 35.5. The predicted octanol–water partition coefficient (Wildman–Crippen LogP) is 2.34. The zero-order chi connectivity index (χ0) is 20.7. The maximum atomic E-state index is 13.9. The van der Waals surface area contributed by atoms with Crippen molar-refractivity contribution in [3.63, 3.8) is 0 Å². The Labute approximate surface area is 166 Å². The Balaban J connectivity index is 2.17. The van der Waals surface area contributed by atoms with Gasteiger partial charge in [0.15, 0.2) is 0 Å². The Morgan fingerprint density at radius 2 is 1.54 bits per heavy atom. The second-order valence-corrected chi connectivity index (χ2v) is 6.65. The molecular weight excluding hydrogens is 387 g/mol. The van der Waals surface area contributed by atoms with Crippen LogP contribution in [0.25, 0.3) is 0 Å². The van der Waals surface area contributed by atoms with Gasteiger partial charge in [0, 0.05) is 24.8 Å². The fourth-order valence-electron chi connectivity index (χ4n) is 2.69. The molecule has 148 valence electrons. The number of carboxylic acids is 1. The standard InChI is InChI=1S/C20H20ClFN2O4/c1-12(25)23-17(11-14-7-3-5-9-16(14)22)19(26)24-18(20(27)28)10-13-6-2-4-8-15(13)21/h2-9,17-18H,10-11H2,1H3,(H,23,25)(H,24,26)(H,27,28)/t17-,18-/m0/s1. The van der Waals surface area contributed by atoms with Crippen molar-refractivity contribution in [2.75, 3.05) is 0 Å². The van der Waals surface area contributed by atoms with E-state index in [9.17, 15) is 23.9 Å². The summed E-state index contributed by atoms with van der Waals surface area (Å²) in [5.41, 5.74) is 0.788. The number of carboxylic acid groups (broad SMARTS) is 1. The molecule has 0 fully saturated rings. The van der Waals surface area contributed by atoms with Crippen molar-refractivity contribution < 1.29 is 23.9 Å². The molecule has 0 saturated carbocycles. The minimum absolute atomic E-state index is 0.0345. The molecule has 0 aliphatic rings. The molecule has 28 heavy (non-hydrogen) atoms. The van der Waals surface area contributed by atoms with Gasteiger partial charge in [0.25, 0.3) is 0 Å². The molecule has 6 nitrogen and oxygen atoms in total. The first-order chi connectivity index (χ1) is 13.3. The van der Waals surface area contributed by atoms with E-state index in [1.54, 1.807) is 30.3 Å². The molecule has 0 aromatic heterocycles. The van der Waals surface area contributed by atoms with E-state index >= 15 is 0 Å². The first kappa shape index (κ1) is 21.4. The van der Waals surface area contributed by atoms with Crippen LogP contribution in [0, 0.1) is 5.82 Å². The van der Waals surface area contributed by atoms with E-state index in [2.05, 4.69) is 10.6 Å². The summed E-state index contributed by atoms with van der Waals surface area (Å²) in [6, 6.07) is 10.2. The van der Waals surface area contributed by atoms with E-state index in [1.807, 2.05) is 0 Å². The number of amides is 2. The topological polar surface area (TPSA) is 95.5 Å². The SMILES string of the molecule is CC(=O)N[C@@H](Cc1ccccc1F)C(=O)N[C@@H](Cc1ccccc1Cl)C(=O)O. The number of rotatable bonds is 8. The van der Waals surface area contributed by atoms with Crippen LogP contribution in [0.15, 0.2) is 48.5 Å². The van der Waals surface area contributed by atoms with E-state index < -0.39 is 35.7 Å². The largest absolute Gasteiger partial charge is 0.480 e. The van der Waals surface area contributed by atoms with Gasteiger partial charge >= 0.3 is 5.97 Å². The van der Waals surface area contributed by atoms with Crippen molar-refractivity contribution in [2.24, 2.45) is 0 Å². The summed E-state index contributed by atoms with van der Waals surface area (Å²) < 4.78 is 13.9. The van der Waals surface area contributed by atoms with Gasteiger partial charge in [-0.15, -0.1) is 0 Å². The third-order valence-corrected chi connectivity index (χ3v) is 4.44. The summed E-state index contributed by atoms with van der Waals surface area (Å²) in [4.78, 5) is 35.7. The number of benzene rings is 2. The van der Waals surface area contributed by atoms with Crippen LogP contribution >= 0.6 is 11.6 Å². The van der Waals surface area contributed by atoms with Crippen molar-refractivity contribution in [2.45, 2.75) is 31.8 Å². The molecule has 8 heteroatoms. The molecule has 0 bridgehead atoms. The van der Waals surface area contributed by atoms with Gasteiger partial charge in [0.05, 0.1) is 0 Å². The molecule has 2 amide bonds. The van der Waals surface area contributed by atoms with Crippen LogP contribution in [0.3, 0.4) is 0 Å². The molecule has 3 N–H and O–H groups in total. The lowest BCUT2D eigenvalue weighted by Gasteiger charge is -2.21. The molecule has 0 heterocycles. The fraction of sp³-hybridized carbons (Fsp3) is 0.250. The second-order valence-electron chi connectivity index (χ2n) is 6.24. The minimum Gasteiger partial charge on any atom is -0.480 e. The van der Waals surface area contributed by atoms with E-state index in [1.165, 1.54) is 25.1 Å². The van der Waals surface area contributed by atoms with Crippen LogP contribution in [0.4, 0.5) is 4.39 Å². The zero-order valence-electron chi connectivity index (χ0n) is 15.1. The van der Waals surface area contributed by atoms with E-state index in [-0.39, 0.29) is 18.4 Å². The number of carbonyl (C=O) groups is 3. The van der Waals surface area contributed by atoms with Crippen LogP contribution in [-0.4, -0.2) is 35.0 Å². The third-order valence-electron chi connectivity index (χ3n) is 4.07. The summed E-state index contributed by atoms with van der Waals surface area (Å²) in [5.74, 6) is -2.98. The second kappa shape index (κ2) is 9.85. The molecule has 0 aliphatic heterocycles. The molecule has 2 aromatic carbocycles. The number of nitrogens with one attached hydrogen (secondary N) is 2. The summed E-state index contributed by atoms with van der Waals surface area (Å²) in [6.07, 6.45) is -0.149. The molecule has 0 aliphatic carbocycles. The normalized spacial score (nSPS) is 12.7. The van der Waals surface area contributed by atoms with Crippen molar-refractivity contribution in [1.29, 1.82) is 0 Å². The Kier molecular flexibility index (Phi) is 7.52. The van der Waals surface area contributed by atoms with Crippen molar-refractivity contribution in [3.8, 4) is 0 Å². The Morgan fingerprint density at radius 3 is 2.11 bits per heavy atom. The molecule has 0 unspecified atom stereocenters. The minimum atomic E-state index is -1.26. The average Bonchev–Trinajstić information content (AvgIpc) is 2.63. The molecule has 0 spiro atoms. The molecule has 0 saturated heterocycles. The molecule has 2 rings (SSSR count). The van der Waals surface area contributed by atoms with Crippen LogP contribution in [-0.2, 0) is 27.2 Å².